The smallest absolute Gasteiger partial charge is 0.305 e. The highest BCUT2D eigenvalue weighted by molar-refractivity contribution is 5.76. The standard InChI is InChI=1S/C89H173NO5/c1-3-5-7-9-11-13-15-17-19-21-23-24-42-46-49-53-57-61-65-69-73-77-81-87(92)86(85-91)90-88(93)82-78-74-70-66-62-58-54-50-47-43-40-38-36-34-32-30-28-26-25-27-29-31-33-35-37-39-41-44-48-52-56-60-64-68-72-76-80-84-95-89(94)83-79-75-71-67-63-59-55-51-45-22-20-18-16-14-12-10-8-6-4-2/h18,20,77,81,86-87,91-92H,3-17,19,21-76,78-80,82-85H2,1-2H3,(H,90,93)/b20-18-,81-77+. The monoisotopic (exact) mass is 1340 g/mol. The molecule has 0 aliphatic rings. The third-order valence-corrected chi connectivity index (χ3v) is 21.0. The van der Waals surface area contributed by atoms with Crippen molar-refractivity contribution in [2.45, 2.75) is 520 Å². The average Bonchev–Trinajstić information content (AvgIpc) is 3.35. The molecule has 6 heteroatoms. The summed E-state index contributed by atoms with van der Waals surface area (Å²) < 4.78 is 5.52. The molecule has 0 saturated heterocycles. The largest absolute Gasteiger partial charge is 0.466 e. The molecule has 0 aromatic carbocycles. The molecule has 0 aromatic rings. The Kier molecular flexibility index (Phi) is 83.3. The second-order valence-electron chi connectivity index (χ2n) is 30.6. The molecule has 0 spiro atoms. The van der Waals surface area contributed by atoms with E-state index in [9.17, 15) is 19.8 Å². The summed E-state index contributed by atoms with van der Waals surface area (Å²) in [6.07, 6.45) is 111. The second-order valence-corrected chi connectivity index (χ2v) is 30.6. The number of nitrogens with one attached hydrogen (secondary N) is 1. The number of carbonyl (C=O) groups excluding carboxylic acids is 2. The molecule has 0 saturated carbocycles. The van der Waals surface area contributed by atoms with Crippen LogP contribution in [0, 0.1) is 0 Å². The van der Waals surface area contributed by atoms with Gasteiger partial charge in [-0.3, -0.25) is 9.59 Å². The van der Waals surface area contributed by atoms with E-state index in [0.717, 1.165) is 38.5 Å². The normalized spacial score (nSPS) is 12.5. The first-order valence-corrected chi connectivity index (χ1v) is 44.1. The summed E-state index contributed by atoms with van der Waals surface area (Å²) >= 11 is 0. The van der Waals surface area contributed by atoms with Crippen LogP contribution in [-0.4, -0.2) is 47.4 Å². The van der Waals surface area contributed by atoms with Crippen molar-refractivity contribution in [2.24, 2.45) is 0 Å². The fraction of sp³-hybridized carbons (Fsp3) is 0.933. The van der Waals surface area contributed by atoms with Crippen LogP contribution in [0.3, 0.4) is 0 Å². The molecule has 0 radical (unpaired) electrons. The molecule has 0 rings (SSSR count). The maximum absolute atomic E-state index is 12.6. The van der Waals surface area contributed by atoms with Crippen LogP contribution in [0.25, 0.3) is 0 Å². The Morgan fingerprint density at radius 2 is 0.495 bits per heavy atom. The number of allylic oxidation sites excluding steroid dienone is 3. The quantitative estimate of drug-likeness (QED) is 0.0320. The zero-order valence-electron chi connectivity index (χ0n) is 64.9. The Morgan fingerprint density at radius 3 is 0.747 bits per heavy atom. The van der Waals surface area contributed by atoms with Gasteiger partial charge in [0.05, 0.1) is 25.4 Å². The number of hydrogen-bond donors (Lipinski definition) is 3. The number of rotatable bonds is 84. The molecule has 2 atom stereocenters. The molecule has 0 bridgehead atoms. The molecule has 0 heterocycles. The van der Waals surface area contributed by atoms with Gasteiger partial charge in [0, 0.05) is 12.8 Å². The molecule has 0 aliphatic heterocycles. The van der Waals surface area contributed by atoms with Gasteiger partial charge >= 0.3 is 5.97 Å². The lowest BCUT2D eigenvalue weighted by atomic mass is 10.0. The highest BCUT2D eigenvalue weighted by Gasteiger charge is 2.18. The fourth-order valence-electron chi connectivity index (χ4n) is 14.3. The number of aliphatic hydroxyl groups is 2. The summed E-state index contributed by atoms with van der Waals surface area (Å²) in [7, 11) is 0. The Hall–Kier alpha value is -1.66. The molecule has 1 amide bonds. The third kappa shape index (κ3) is 81.2. The van der Waals surface area contributed by atoms with E-state index in [1.165, 1.54) is 443 Å². The van der Waals surface area contributed by atoms with Crippen molar-refractivity contribution in [1.29, 1.82) is 0 Å². The van der Waals surface area contributed by atoms with E-state index in [2.05, 4.69) is 31.3 Å². The molecule has 6 nitrogen and oxygen atoms in total. The average molecular weight is 1340 g/mol. The minimum Gasteiger partial charge on any atom is -0.466 e. The van der Waals surface area contributed by atoms with E-state index in [4.69, 9.17) is 4.74 Å². The lowest BCUT2D eigenvalue weighted by Gasteiger charge is -2.20. The summed E-state index contributed by atoms with van der Waals surface area (Å²) in [5, 5.41) is 23.3. The first-order valence-electron chi connectivity index (χ1n) is 44.1. The zero-order valence-corrected chi connectivity index (χ0v) is 64.9. The van der Waals surface area contributed by atoms with Crippen LogP contribution < -0.4 is 5.32 Å². The predicted molar refractivity (Wildman–Crippen MR) is 421 cm³/mol. The topological polar surface area (TPSA) is 95.9 Å². The lowest BCUT2D eigenvalue weighted by Crippen LogP contribution is -2.45. The van der Waals surface area contributed by atoms with Gasteiger partial charge in [-0.15, -0.1) is 0 Å². The number of unbranched alkanes of at least 4 members (excludes halogenated alkanes) is 71. The number of hydrogen-bond acceptors (Lipinski definition) is 5. The maximum atomic E-state index is 12.6. The number of esters is 1. The van der Waals surface area contributed by atoms with E-state index in [1.54, 1.807) is 6.08 Å². The summed E-state index contributed by atoms with van der Waals surface area (Å²) in [5.74, 6) is -0.0326. The fourth-order valence-corrected chi connectivity index (χ4v) is 14.3. The van der Waals surface area contributed by atoms with Gasteiger partial charge in [-0.05, 0) is 57.8 Å². The van der Waals surface area contributed by atoms with E-state index in [-0.39, 0.29) is 18.5 Å². The number of carbonyl (C=O) groups is 2. The lowest BCUT2D eigenvalue weighted by molar-refractivity contribution is -0.143. The molecular formula is C89H173NO5. The second kappa shape index (κ2) is 84.8. The summed E-state index contributed by atoms with van der Waals surface area (Å²) in [6, 6.07) is -0.624. The molecule has 564 valence electrons. The third-order valence-electron chi connectivity index (χ3n) is 21.0. The van der Waals surface area contributed by atoms with Crippen molar-refractivity contribution in [3.63, 3.8) is 0 Å². The van der Waals surface area contributed by atoms with Crippen molar-refractivity contribution in [2.75, 3.05) is 13.2 Å². The van der Waals surface area contributed by atoms with E-state index in [0.29, 0.717) is 19.4 Å². The van der Waals surface area contributed by atoms with Gasteiger partial charge in [-0.25, -0.2) is 0 Å². The van der Waals surface area contributed by atoms with Crippen LogP contribution in [0.4, 0.5) is 0 Å². The minimum atomic E-state index is -0.842. The summed E-state index contributed by atoms with van der Waals surface area (Å²) in [6.45, 7) is 4.96. The van der Waals surface area contributed by atoms with E-state index >= 15 is 0 Å². The summed E-state index contributed by atoms with van der Waals surface area (Å²) in [4.78, 5) is 24.7. The molecule has 0 aromatic heterocycles. The van der Waals surface area contributed by atoms with Crippen LogP contribution >= 0.6 is 0 Å². The molecule has 95 heavy (non-hydrogen) atoms. The SMILES string of the molecule is CCCCCCCC/C=C\CCCCCCCCCCCC(=O)OCCCCCCCCCCCCCCCCCCCCCCCCCCCCCCCCCCCCCCCC(=O)NC(CO)C(O)/C=C/CCCCCCCCCCCCCCCCCCCCCC. The van der Waals surface area contributed by atoms with Crippen molar-refractivity contribution < 1.29 is 24.5 Å². The van der Waals surface area contributed by atoms with Crippen molar-refractivity contribution in [3.8, 4) is 0 Å². The van der Waals surface area contributed by atoms with Crippen LogP contribution in [0.15, 0.2) is 24.3 Å². The Morgan fingerprint density at radius 1 is 0.284 bits per heavy atom. The molecule has 2 unspecified atom stereocenters. The van der Waals surface area contributed by atoms with Crippen LogP contribution in [0.2, 0.25) is 0 Å². The van der Waals surface area contributed by atoms with Crippen LogP contribution in [0.1, 0.15) is 508 Å². The van der Waals surface area contributed by atoms with Gasteiger partial charge < -0.3 is 20.3 Å². The van der Waals surface area contributed by atoms with Crippen molar-refractivity contribution in [3.05, 3.63) is 24.3 Å². The Bertz CT molecular complexity index is 1500. The highest BCUT2D eigenvalue weighted by Crippen LogP contribution is 2.21. The number of amides is 1. The van der Waals surface area contributed by atoms with Gasteiger partial charge in [-0.1, -0.05) is 462 Å². The highest BCUT2D eigenvalue weighted by atomic mass is 16.5. The molecule has 3 N–H and O–H groups in total. The first kappa shape index (κ1) is 93.3. The van der Waals surface area contributed by atoms with Crippen LogP contribution in [-0.2, 0) is 14.3 Å². The Balaban J connectivity index is 3.31. The van der Waals surface area contributed by atoms with E-state index < -0.39 is 12.1 Å². The van der Waals surface area contributed by atoms with Gasteiger partial charge in [0.1, 0.15) is 0 Å². The number of aliphatic hydroxyl groups excluding tert-OH is 2. The predicted octanol–water partition coefficient (Wildman–Crippen LogP) is 29.6. The van der Waals surface area contributed by atoms with Crippen molar-refractivity contribution in [1.82, 2.24) is 5.32 Å². The van der Waals surface area contributed by atoms with Gasteiger partial charge in [0.25, 0.3) is 0 Å². The Labute approximate surface area is 596 Å². The van der Waals surface area contributed by atoms with Crippen LogP contribution in [0.5, 0.6) is 0 Å². The maximum Gasteiger partial charge on any atom is 0.305 e. The van der Waals surface area contributed by atoms with Gasteiger partial charge in [-0.2, -0.15) is 0 Å². The zero-order chi connectivity index (χ0) is 68.4. The van der Waals surface area contributed by atoms with E-state index in [1.807, 2.05) is 6.08 Å². The molecule has 0 aliphatic carbocycles. The molecular weight excluding hydrogens is 1160 g/mol. The first-order chi connectivity index (χ1) is 47.0. The summed E-state index contributed by atoms with van der Waals surface area (Å²) in [5.41, 5.74) is 0. The van der Waals surface area contributed by atoms with Crippen molar-refractivity contribution >= 4 is 11.9 Å². The number of ether oxygens (including phenoxy) is 1. The minimum absolute atomic E-state index is 0.0240. The van der Waals surface area contributed by atoms with Gasteiger partial charge in [0.2, 0.25) is 5.91 Å². The van der Waals surface area contributed by atoms with Gasteiger partial charge in [0.15, 0.2) is 0 Å². The molecule has 0 fully saturated rings.